The number of nitrogens with zero attached hydrogens (tertiary/aromatic N) is 2. The first-order valence-electron chi connectivity index (χ1n) is 5.34. The fourth-order valence-electron chi connectivity index (χ4n) is 1.47. The van der Waals surface area contributed by atoms with Crippen molar-refractivity contribution in [1.82, 2.24) is 15.3 Å². The van der Waals surface area contributed by atoms with Crippen molar-refractivity contribution in [3.63, 3.8) is 0 Å². The Morgan fingerprint density at radius 2 is 2.29 bits per heavy atom. The molecule has 3 N–H and O–H groups in total. The van der Waals surface area contributed by atoms with Crippen molar-refractivity contribution in [2.75, 3.05) is 0 Å². The van der Waals surface area contributed by atoms with Crippen LogP contribution in [0.25, 0.3) is 0 Å². The van der Waals surface area contributed by atoms with Crippen LogP contribution in [0.2, 0.25) is 0 Å². The van der Waals surface area contributed by atoms with Crippen molar-refractivity contribution in [3.05, 3.63) is 24.3 Å². The second-order valence-corrected chi connectivity index (χ2v) is 4.51. The first-order chi connectivity index (χ1) is 8.02. The highest BCUT2D eigenvalue weighted by atomic mass is 32.1. The molecule has 0 aliphatic rings. The molecule has 17 heavy (non-hydrogen) atoms. The normalized spacial score (nSPS) is 12.2. The van der Waals surface area contributed by atoms with Gasteiger partial charge in [0.15, 0.2) is 0 Å². The summed E-state index contributed by atoms with van der Waals surface area (Å²) in [6.07, 6.45) is 3.07. The average molecular weight is 252 g/mol. The SMILES string of the molecule is CC(C)C(C(=O)NCc1ccncn1)C(N)=S. The van der Waals surface area contributed by atoms with Gasteiger partial charge < -0.3 is 11.1 Å². The van der Waals surface area contributed by atoms with Crippen molar-refractivity contribution in [2.24, 2.45) is 17.6 Å². The lowest BCUT2D eigenvalue weighted by Crippen LogP contribution is -2.40. The average Bonchev–Trinajstić information content (AvgIpc) is 2.27. The van der Waals surface area contributed by atoms with Gasteiger partial charge in [0.2, 0.25) is 5.91 Å². The highest BCUT2D eigenvalue weighted by molar-refractivity contribution is 7.80. The second kappa shape index (κ2) is 6.24. The van der Waals surface area contributed by atoms with E-state index in [0.717, 1.165) is 5.69 Å². The zero-order chi connectivity index (χ0) is 12.8. The predicted octanol–water partition coefficient (Wildman–Crippen LogP) is 0.651. The summed E-state index contributed by atoms with van der Waals surface area (Å²) < 4.78 is 0. The standard InChI is InChI=1S/C11H16N4OS/c1-7(2)9(10(12)17)11(16)14-5-8-3-4-13-6-15-8/h3-4,6-7,9H,5H2,1-2H3,(H2,12,17)(H,14,16). The van der Waals surface area contributed by atoms with Crippen molar-refractivity contribution in [1.29, 1.82) is 0 Å². The van der Waals surface area contributed by atoms with Crippen LogP contribution in [0.4, 0.5) is 0 Å². The summed E-state index contributed by atoms with van der Waals surface area (Å²) in [5.41, 5.74) is 6.30. The van der Waals surface area contributed by atoms with Gasteiger partial charge in [0.05, 0.1) is 23.1 Å². The number of hydrogen-bond acceptors (Lipinski definition) is 4. The molecule has 1 heterocycles. The number of nitrogens with one attached hydrogen (secondary N) is 1. The third-order valence-electron chi connectivity index (χ3n) is 2.34. The molecular formula is C11H16N4OS. The molecule has 0 spiro atoms. The lowest BCUT2D eigenvalue weighted by molar-refractivity contribution is -0.124. The zero-order valence-corrected chi connectivity index (χ0v) is 10.7. The molecule has 1 aromatic heterocycles. The van der Waals surface area contributed by atoms with Crippen molar-refractivity contribution < 1.29 is 4.79 Å². The Balaban J connectivity index is 2.57. The van der Waals surface area contributed by atoms with Crippen LogP contribution in [0.15, 0.2) is 18.6 Å². The van der Waals surface area contributed by atoms with Gasteiger partial charge in [0.1, 0.15) is 6.33 Å². The Kier molecular flexibility index (Phi) is 4.96. The van der Waals surface area contributed by atoms with E-state index in [2.05, 4.69) is 15.3 Å². The van der Waals surface area contributed by atoms with Crippen LogP contribution in [-0.4, -0.2) is 20.9 Å². The number of amides is 1. The predicted molar refractivity (Wildman–Crippen MR) is 69.0 cm³/mol. The van der Waals surface area contributed by atoms with Gasteiger partial charge in [-0.15, -0.1) is 0 Å². The molecule has 1 unspecified atom stereocenters. The minimum absolute atomic E-state index is 0.0814. The molecule has 92 valence electrons. The molecule has 1 atom stereocenters. The summed E-state index contributed by atoms with van der Waals surface area (Å²) in [4.78, 5) is 19.9. The first kappa shape index (κ1) is 13.5. The van der Waals surface area contributed by atoms with E-state index >= 15 is 0 Å². The van der Waals surface area contributed by atoms with E-state index in [4.69, 9.17) is 18.0 Å². The third kappa shape index (κ3) is 4.07. The monoisotopic (exact) mass is 252 g/mol. The van der Waals surface area contributed by atoms with Gasteiger partial charge in [0, 0.05) is 6.20 Å². The molecule has 5 nitrogen and oxygen atoms in total. The molecule has 0 fully saturated rings. The minimum atomic E-state index is -0.438. The molecule has 0 aromatic carbocycles. The van der Waals surface area contributed by atoms with Crippen LogP contribution in [0.5, 0.6) is 0 Å². The third-order valence-corrected chi connectivity index (χ3v) is 2.60. The number of carbonyl (C=O) groups is 1. The molecule has 1 aromatic rings. The fraction of sp³-hybridized carbons (Fsp3) is 0.455. The van der Waals surface area contributed by atoms with Crippen LogP contribution < -0.4 is 11.1 Å². The largest absolute Gasteiger partial charge is 0.393 e. The van der Waals surface area contributed by atoms with Gasteiger partial charge in [-0.1, -0.05) is 26.1 Å². The lowest BCUT2D eigenvalue weighted by atomic mass is 9.95. The van der Waals surface area contributed by atoms with E-state index < -0.39 is 5.92 Å². The van der Waals surface area contributed by atoms with Crippen LogP contribution in [0, 0.1) is 11.8 Å². The van der Waals surface area contributed by atoms with Crippen LogP contribution >= 0.6 is 12.2 Å². The van der Waals surface area contributed by atoms with Gasteiger partial charge >= 0.3 is 0 Å². The van der Waals surface area contributed by atoms with Crippen molar-refractivity contribution >= 4 is 23.1 Å². The Labute approximate surface area is 106 Å². The van der Waals surface area contributed by atoms with Gasteiger partial charge in [-0.25, -0.2) is 9.97 Å². The maximum absolute atomic E-state index is 11.9. The molecule has 0 saturated heterocycles. The van der Waals surface area contributed by atoms with E-state index in [0.29, 0.717) is 6.54 Å². The molecular weight excluding hydrogens is 236 g/mol. The number of rotatable bonds is 5. The zero-order valence-electron chi connectivity index (χ0n) is 9.88. The highest BCUT2D eigenvalue weighted by Crippen LogP contribution is 2.11. The summed E-state index contributed by atoms with van der Waals surface area (Å²) >= 11 is 4.89. The number of thiocarbonyl (C=S) groups is 1. The summed E-state index contributed by atoms with van der Waals surface area (Å²) in [5, 5.41) is 2.76. The maximum atomic E-state index is 11.9. The topological polar surface area (TPSA) is 80.9 Å². The molecule has 0 bridgehead atoms. The summed E-state index contributed by atoms with van der Waals surface area (Å²) in [5.74, 6) is -0.518. The fourth-order valence-corrected chi connectivity index (χ4v) is 1.85. The van der Waals surface area contributed by atoms with Gasteiger partial charge in [0.25, 0.3) is 0 Å². The Bertz CT molecular complexity index is 394. The summed E-state index contributed by atoms with van der Waals surface area (Å²) in [6, 6.07) is 1.74. The molecule has 0 saturated carbocycles. The van der Waals surface area contributed by atoms with E-state index in [1.165, 1.54) is 6.33 Å². The molecule has 0 radical (unpaired) electrons. The van der Waals surface area contributed by atoms with Crippen molar-refractivity contribution in [2.45, 2.75) is 20.4 Å². The Hall–Kier alpha value is -1.56. The number of carbonyl (C=O) groups excluding carboxylic acids is 1. The second-order valence-electron chi connectivity index (χ2n) is 4.04. The van der Waals surface area contributed by atoms with E-state index in [1.807, 2.05) is 13.8 Å². The maximum Gasteiger partial charge on any atom is 0.230 e. The van der Waals surface area contributed by atoms with E-state index in [9.17, 15) is 4.79 Å². The molecule has 0 aliphatic carbocycles. The highest BCUT2D eigenvalue weighted by Gasteiger charge is 2.24. The number of nitrogens with two attached hydrogens (primary N) is 1. The minimum Gasteiger partial charge on any atom is -0.393 e. The Morgan fingerprint density at radius 3 is 2.76 bits per heavy atom. The van der Waals surface area contributed by atoms with E-state index in [1.54, 1.807) is 12.3 Å². The molecule has 0 aliphatic heterocycles. The van der Waals surface area contributed by atoms with E-state index in [-0.39, 0.29) is 16.8 Å². The van der Waals surface area contributed by atoms with Crippen molar-refractivity contribution in [3.8, 4) is 0 Å². The van der Waals surface area contributed by atoms with Gasteiger partial charge in [-0.3, -0.25) is 4.79 Å². The number of aromatic nitrogens is 2. The van der Waals surface area contributed by atoms with Crippen LogP contribution in [-0.2, 0) is 11.3 Å². The molecule has 1 rings (SSSR count). The van der Waals surface area contributed by atoms with Crippen LogP contribution in [0.3, 0.4) is 0 Å². The lowest BCUT2D eigenvalue weighted by Gasteiger charge is -2.18. The molecule has 6 heteroatoms. The first-order valence-corrected chi connectivity index (χ1v) is 5.75. The van der Waals surface area contributed by atoms with Crippen LogP contribution in [0.1, 0.15) is 19.5 Å². The van der Waals surface area contributed by atoms with Gasteiger partial charge in [-0.05, 0) is 12.0 Å². The summed E-state index contributed by atoms with van der Waals surface area (Å²) in [7, 11) is 0. The Morgan fingerprint density at radius 1 is 1.59 bits per heavy atom. The van der Waals surface area contributed by atoms with Gasteiger partial charge in [-0.2, -0.15) is 0 Å². The quantitative estimate of drug-likeness (QED) is 0.752. The molecule has 1 amide bonds. The smallest absolute Gasteiger partial charge is 0.230 e. The summed E-state index contributed by atoms with van der Waals surface area (Å²) in [6.45, 7) is 4.18. The number of hydrogen-bond donors (Lipinski definition) is 2.